The fourth-order valence-corrected chi connectivity index (χ4v) is 1.87. The van der Waals surface area contributed by atoms with Crippen LogP contribution in [0.15, 0.2) is 43.0 Å². The molecule has 0 bridgehead atoms. The average Bonchev–Trinajstić information content (AvgIpc) is 2.85. The van der Waals surface area contributed by atoms with Crippen LogP contribution in [0.2, 0.25) is 0 Å². The van der Waals surface area contributed by atoms with Crippen LogP contribution in [0.4, 0.5) is 0 Å². The highest BCUT2D eigenvalue weighted by atomic mass is 16.4. The number of fused-ring (bicyclic) bond motifs is 1. The molecule has 0 fully saturated rings. The van der Waals surface area contributed by atoms with Gasteiger partial charge in [0.1, 0.15) is 0 Å². The Morgan fingerprint density at radius 3 is 2.95 bits per heavy atom. The van der Waals surface area contributed by atoms with Gasteiger partial charge in [-0.05, 0) is 17.7 Å². The summed E-state index contributed by atoms with van der Waals surface area (Å²) in [4.78, 5) is 19.0. The number of hydrogen-bond acceptors (Lipinski definition) is 4. The molecule has 0 atom stereocenters. The molecule has 0 aliphatic rings. The second kappa shape index (κ2) is 4.49. The lowest BCUT2D eigenvalue weighted by molar-refractivity contribution is -0.136. The van der Waals surface area contributed by atoms with Gasteiger partial charge >= 0.3 is 5.97 Å². The zero-order valence-corrected chi connectivity index (χ0v) is 9.89. The van der Waals surface area contributed by atoms with Crippen molar-refractivity contribution in [3.63, 3.8) is 0 Å². The highest BCUT2D eigenvalue weighted by Gasteiger charge is 2.06. The van der Waals surface area contributed by atoms with Gasteiger partial charge in [0.05, 0.1) is 18.3 Å². The number of carboxylic acid groups (broad SMARTS) is 1. The van der Waals surface area contributed by atoms with Crippen LogP contribution in [-0.4, -0.2) is 30.7 Å². The standard InChI is InChI=1S/C13H10N4O2/c18-13(19)6-11-5-9(1-3-14-11)10-7-15-12-2-4-16-17(12)8-10/h1-5,7-8H,6H2,(H,18,19). The normalized spacial score (nSPS) is 10.7. The van der Waals surface area contributed by atoms with E-state index in [0.717, 1.165) is 16.8 Å². The van der Waals surface area contributed by atoms with E-state index in [1.54, 1.807) is 29.2 Å². The maximum absolute atomic E-state index is 10.7. The number of carboxylic acids is 1. The molecule has 0 saturated carbocycles. The monoisotopic (exact) mass is 254 g/mol. The smallest absolute Gasteiger partial charge is 0.309 e. The molecular weight excluding hydrogens is 244 g/mol. The number of hydrogen-bond donors (Lipinski definition) is 1. The zero-order valence-electron chi connectivity index (χ0n) is 9.89. The summed E-state index contributed by atoms with van der Waals surface area (Å²) in [7, 11) is 0. The molecule has 3 rings (SSSR count). The van der Waals surface area contributed by atoms with Crippen LogP contribution in [-0.2, 0) is 11.2 Å². The number of aliphatic carboxylic acids is 1. The number of carbonyl (C=O) groups is 1. The third kappa shape index (κ3) is 2.28. The number of aromatic nitrogens is 4. The molecular formula is C13H10N4O2. The minimum atomic E-state index is -0.898. The summed E-state index contributed by atoms with van der Waals surface area (Å²) < 4.78 is 1.67. The fourth-order valence-electron chi connectivity index (χ4n) is 1.87. The Morgan fingerprint density at radius 1 is 1.21 bits per heavy atom. The van der Waals surface area contributed by atoms with Gasteiger partial charge in [-0.15, -0.1) is 0 Å². The lowest BCUT2D eigenvalue weighted by Crippen LogP contribution is -2.02. The molecule has 0 amide bonds. The van der Waals surface area contributed by atoms with E-state index < -0.39 is 5.97 Å². The zero-order chi connectivity index (χ0) is 13.2. The first-order chi connectivity index (χ1) is 9.22. The highest BCUT2D eigenvalue weighted by Crippen LogP contribution is 2.19. The fraction of sp³-hybridized carbons (Fsp3) is 0.0769. The predicted octanol–water partition coefficient (Wildman–Crippen LogP) is 1.42. The average molecular weight is 254 g/mol. The number of pyridine rings is 1. The van der Waals surface area contributed by atoms with Crippen LogP contribution in [0.25, 0.3) is 16.8 Å². The minimum absolute atomic E-state index is 0.0920. The molecule has 6 heteroatoms. The molecule has 3 aromatic heterocycles. The van der Waals surface area contributed by atoms with E-state index in [2.05, 4.69) is 15.1 Å². The van der Waals surface area contributed by atoms with Gasteiger partial charge in [-0.1, -0.05) is 0 Å². The summed E-state index contributed by atoms with van der Waals surface area (Å²) in [6, 6.07) is 5.38. The third-order valence-electron chi connectivity index (χ3n) is 2.73. The van der Waals surface area contributed by atoms with Gasteiger partial charge in [-0.3, -0.25) is 9.78 Å². The van der Waals surface area contributed by atoms with Gasteiger partial charge in [0.25, 0.3) is 0 Å². The van der Waals surface area contributed by atoms with E-state index in [0.29, 0.717) is 5.69 Å². The van der Waals surface area contributed by atoms with Gasteiger partial charge < -0.3 is 5.11 Å². The van der Waals surface area contributed by atoms with E-state index in [-0.39, 0.29) is 6.42 Å². The van der Waals surface area contributed by atoms with Gasteiger partial charge in [-0.2, -0.15) is 5.10 Å². The van der Waals surface area contributed by atoms with Crippen molar-refractivity contribution in [2.45, 2.75) is 6.42 Å². The summed E-state index contributed by atoms with van der Waals surface area (Å²) in [5.41, 5.74) is 3.02. The van der Waals surface area contributed by atoms with Crippen molar-refractivity contribution < 1.29 is 9.90 Å². The first kappa shape index (κ1) is 11.3. The molecule has 0 unspecified atom stereocenters. The van der Waals surface area contributed by atoms with Crippen LogP contribution < -0.4 is 0 Å². The van der Waals surface area contributed by atoms with Gasteiger partial charge in [0, 0.05) is 30.2 Å². The van der Waals surface area contributed by atoms with E-state index >= 15 is 0 Å². The number of rotatable bonds is 3. The van der Waals surface area contributed by atoms with E-state index in [1.165, 1.54) is 0 Å². The van der Waals surface area contributed by atoms with Crippen molar-refractivity contribution in [3.05, 3.63) is 48.7 Å². The maximum atomic E-state index is 10.7. The summed E-state index contributed by atoms with van der Waals surface area (Å²) >= 11 is 0. The van der Waals surface area contributed by atoms with Crippen LogP contribution in [0.5, 0.6) is 0 Å². The Balaban J connectivity index is 2.02. The molecule has 1 N–H and O–H groups in total. The molecule has 0 aliphatic heterocycles. The number of nitrogens with zero attached hydrogens (tertiary/aromatic N) is 4. The van der Waals surface area contributed by atoms with Crippen molar-refractivity contribution in [1.29, 1.82) is 0 Å². The molecule has 0 aromatic carbocycles. The van der Waals surface area contributed by atoms with Crippen LogP contribution in [0.1, 0.15) is 5.69 Å². The van der Waals surface area contributed by atoms with Crippen molar-refractivity contribution in [2.75, 3.05) is 0 Å². The molecule has 3 aromatic rings. The molecule has 19 heavy (non-hydrogen) atoms. The highest BCUT2D eigenvalue weighted by molar-refractivity contribution is 5.71. The first-order valence-corrected chi connectivity index (χ1v) is 5.69. The first-order valence-electron chi connectivity index (χ1n) is 5.69. The van der Waals surface area contributed by atoms with Crippen molar-refractivity contribution in [2.24, 2.45) is 0 Å². The van der Waals surface area contributed by atoms with Crippen LogP contribution in [0.3, 0.4) is 0 Å². The Morgan fingerprint density at radius 2 is 2.11 bits per heavy atom. The summed E-state index contributed by atoms with van der Waals surface area (Å²) in [6.45, 7) is 0. The lowest BCUT2D eigenvalue weighted by atomic mass is 10.1. The molecule has 94 valence electrons. The predicted molar refractivity (Wildman–Crippen MR) is 67.6 cm³/mol. The second-order valence-electron chi connectivity index (χ2n) is 4.08. The van der Waals surface area contributed by atoms with Crippen molar-refractivity contribution >= 4 is 11.6 Å². The second-order valence-corrected chi connectivity index (χ2v) is 4.08. The molecule has 0 saturated heterocycles. The van der Waals surface area contributed by atoms with Gasteiger partial charge in [-0.25, -0.2) is 9.50 Å². The lowest BCUT2D eigenvalue weighted by Gasteiger charge is -2.03. The van der Waals surface area contributed by atoms with E-state index in [1.807, 2.05) is 18.3 Å². The van der Waals surface area contributed by atoms with E-state index in [9.17, 15) is 4.79 Å². The van der Waals surface area contributed by atoms with Gasteiger partial charge in [0.15, 0.2) is 5.65 Å². The maximum Gasteiger partial charge on any atom is 0.309 e. The largest absolute Gasteiger partial charge is 0.481 e. The third-order valence-corrected chi connectivity index (χ3v) is 2.73. The molecule has 0 spiro atoms. The molecule has 6 nitrogen and oxygen atoms in total. The Bertz CT molecular complexity index is 751. The summed E-state index contributed by atoms with van der Waals surface area (Å²) in [5, 5.41) is 12.9. The molecule has 0 aliphatic carbocycles. The van der Waals surface area contributed by atoms with Crippen LogP contribution >= 0.6 is 0 Å². The Kier molecular flexibility index (Phi) is 2.68. The molecule has 0 radical (unpaired) electrons. The Hall–Kier alpha value is -2.76. The topological polar surface area (TPSA) is 80.4 Å². The molecule has 3 heterocycles. The Labute approximate surface area is 108 Å². The summed E-state index contributed by atoms with van der Waals surface area (Å²) in [6.07, 6.45) is 6.76. The SMILES string of the molecule is O=C(O)Cc1cc(-c2cnc3ccnn3c2)ccn1. The van der Waals surface area contributed by atoms with Crippen LogP contribution in [0, 0.1) is 0 Å². The minimum Gasteiger partial charge on any atom is -0.481 e. The van der Waals surface area contributed by atoms with E-state index in [4.69, 9.17) is 5.11 Å². The van der Waals surface area contributed by atoms with Crippen molar-refractivity contribution in [1.82, 2.24) is 19.6 Å². The summed E-state index contributed by atoms with van der Waals surface area (Å²) in [5.74, 6) is -0.898. The quantitative estimate of drug-likeness (QED) is 0.764. The van der Waals surface area contributed by atoms with Crippen molar-refractivity contribution in [3.8, 4) is 11.1 Å². The van der Waals surface area contributed by atoms with Gasteiger partial charge in [0.2, 0.25) is 0 Å².